The van der Waals surface area contributed by atoms with Crippen LogP contribution in [0.15, 0.2) is 46.7 Å². The molecule has 2 N–H and O–H groups in total. The Morgan fingerprint density at radius 3 is 2.41 bits per heavy atom. The van der Waals surface area contributed by atoms with Crippen molar-refractivity contribution in [3.63, 3.8) is 0 Å². The van der Waals surface area contributed by atoms with Gasteiger partial charge in [0, 0.05) is 11.1 Å². The van der Waals surface area contributed by atoms with E-state index in [0.717, 1.165) is 11.1 Å². The first-order valence-corrected chi connectivity index (χ1v) is 11.2. The molecule has 0 unspecified atom stereocenters. The summed E-state index contributed by atoms with van der Waals surface area (Å²) in [6.45, 7) is 2.89. The molecule has 1 aromatic carbocycles. The normalized spacial score (nSPS) is 11.4. The van der Waals surface area contributed by atoms with Gasteiger partial charge < -0.3 is 10.6 Å². The molecule has 0 saturated carbocycles. The highest BCUT2D eigenvalue weighted by atomic mass is 32.2. The number of anilines is 1. The quantitative estimate of drug-likeness (QED) is 0.658. The molecular weight excluding hydrogens is 386 g/mol. The lowest BCUT2D eigenvalue weighted by molar-refractivity contribution is -0.123. The van der Waals surface area contributed by atoms with E-state index in [-0.39, 0.29) is 35.5 Å². The summed E-state index contributed by atoms with van der Waals surface area (Å²) in [6.07, 6.45) is 1.09. The van der Waals surface area contributed by atoms with E-state index in [1.807, 2.05) is 24.4 Å². The van der Waals surface area contributed by atoms with Gasteiger partial charge >= 0.3 is 0 Å². The lowest BCUT2D eigenvalue weighted by Crippen LogP contribution is -2.40. The van der Waals surface area contributed by atoms with E-state index in [0.29, 0.717) is 13.1 Å². The Bertz CT molecular complexity index is 880. The number of carbonyl (C=O) groups is 2. The number of nitrogens with one attached hydrogen (secondary N) is 2. The van der Waals surface area contributed by atoms with Crippen molar-refractivity contribution in [1.82, 2.24) is 10.2 Å². The van der Waals surface area contributed by atoms with Gasteiger partial charge in [-0.1, -0.05) is 25.1 Å². The summed E-state index contributed by atoms with van der Waals surface area (Å²) in [6, 6.07) is 10.1. The predicted molar refractivity (Wildman–Crippen MR) is 106 cm³/mol. The zero-order chi connectivity index (χ0) is 19.9. The molecule has 1 aromatic heterocycles. The van der Waals surface area contributed by atoms with E-state index in [4.69, 9.17) is 0 Å². The van der Waals surface area contributed by atoms with Crippen molar-refractivity contribution in [2.24, 2.45) is 0 Å². The molecule has 2 amide bonds. The second-order valence-corrected chi connectivity index (χ2v) is 8.99. The zero-order valence-electron chi connectivity index (χ0n) is 15.3. The van der Waals surface area contributed by atoms with Crippen LogP contribution in [0.2, 0.25) is 0 Å². The zero-order valence-corrected chi connectivity index (χ0v) is 16.9. The van der Waals surface area contributed by atoms with Crippen LogP contribution in [0.3, 0.4) is 0 Å². The summed E-state index contributed by atoms with van der Waals surface area (Å²) in [5, 5.41) is 7.38. The highest BCUT2D eigenvalue weighted by Crippen LogP contribution is 2.20. The fourth-order valence-corrected chi connectivity index (χ4v) is 3.91. The van der Waals surface area contributed by atoms with Crippen molar-refractivity contribution in [3.8, 4) is 0 Å². The van der Waals surface area contributed by atoms with Crippen LogP contribution in [0.5, 0.6) is 0 Å². The monoisotopic (exact) mass is 409 g/mol. The van der Waals surface area contributed by atoms with E-state index < -0.39 is 9.84 Å². The molecule has 0 bridgehead atoms. The predicted octanol–water partition coefficient (Wildman–Crippen LogP) is 1.73. The van der Waals surface area contributed by atoms with Crippen molar-refractivity contribution < 1.29 is 18.0 Å². The SMILES string of the molecule is CCN(CC(=O)NCc1cccs1)CC(=O)Nc1ccccc1S(C)(=O)=O. The fraction of sp³-hybridized carbons (Fsp3) is 0.333. The Labute approximate surface area is 163 Å². The topological polar surface area (TPSA) is 95.6 Å². The Morgan fingerprint density at radius 1 is 1.07 bits per heavy atom. The van der Waals surface area contributed by atoms with Gasteiger partial charge in [0.25, 0.3) is 0 Å². The van der Waals surface area contributed by atoms with E-state index in [1.165, 1.54) is 12.1 Å². The van der Waals surface area contributed by atoms with Crippen molar-refractivity contribution in [1.29, 1.82) is 0 Å². The third kappa shape index (κ3) is 6.78. The number of nitrogens with zero attached hydrogens (tertiary/aromatic N) is 1. The van der Waals surface area contributed by atoms with Gasteiger partial charge in [0.15, 0.2) is 9.84 Å². The van der Waals surface area contributed by atoms with Gasteiger partial charge in [0.1, 0.15) is 0 Å². The smallest absolute Gasteiger partial charge is 0.238 e. The largest absolute Gasteiger partial charge is 0.350 e. The number of hydrogen-bond acceptors (Lipinski definition) is 6. The average molecular weight is 410 g/mol. The van der Waals surface area contributed by atoms with Gasteiger partial charge in [-0.05, 0) is 30.1 Å². The Kier molecular flexibility index (Phi) is 7.52. The number of para-hydroxylation sites is 1. The minimum atomic E-state index is -3.45. The maximum absolute atomic E-state index is 12.3. The average Bonchev–Trinajstić information content (AvgIpc) is 3.12. The highest BCUT2D eigenvalue weighted by molar-refractivity contribution is 7.90. The maximum atomic E-state index is 12.3. The molecular formula is C18H23N3O4S2. The molecule has 0 spiro atoms. The first-order chi connectivity index (χ1) is 12.8. The minimum absolute atomic E-state index is 0.0129. The van der Waals surface area contributed by atoms with E-state index in [2.05, 4.69) is 10.6 Å². The van der Waals surface area contributed by atoms with Crippen LogP contribution in [0.1, 0.15) is 11.8 Å². The third-order valence-electron chi connectivity index (χ3n) is 3.78. The second kappa shape index (κ2) is 9.63. The summed E-state index contributed by atoms with van der Waals surface area (Å²) < 4.78 is 23.6. The van der Waals surface area contributed by atoms with Crippen LogP contribution in [0, 0.1) is 0 Å². The molecule has 146 valence electrons. The molecule has 9 heteroatoms. The molecule has 0 saturated heterocycles. The maximum Gasteiger partial charge on any atom is 0.238 e. The van der Waals surface area contributed by atoms with Crippen molar-refractivity contribution in [2.45, 2.75) is 18.4 Å². The van der Waals surface area contributed by atoms with Crippen LogP contribution in [0.4, 0.5) is 5.69 Å². The number of hydrogen-bond donors (Lipinski definition) is 2. The van der Waals surface area contributed by atoms with Gasteiger partial charge in [-0.15, -0.1) is 11.3 Å². The fourth-order valence-electron chi connectivity index (χ4n) is 2.42. The van der Waals surface area contributed by atoms with Gasteiger partial charge in [0.2, 0.25) is 11.8 Å². The number of benzene rings is 1. The van der Waals surface area contributed by atoms with Crippen molar-refractivity contribution in [3.05, 3.63) is 46.7 Å². The van der Waals surface area contributed by atoms with Crippen LogP contribution >= 0.6 is 11.3 Å². The number of carbonyl (C=O) groups excluding carboxylic acids is 2. The van der Waals surface area contributed by atoms with E-state index in [9.17, 15) is 18.0 Å². The first kappa shape index (κ1) is 21.1. The van der Waals surface area contributed by atoms with Crippen LogP contribution in [0.25, 0.3) is 0 Å². The molecule has 0 aliphatic rings. The van der Waals surface area contributed by atoms with Gasteiger partial charge in [-0.25, -0.2) is 8.42 Å². The van der Waals surface area contributed by atoms with Gasteiger partial charge in [-0.2, -0.15) is 0 Å². The van der Waals surface area contributed by atoms with E-state index >= 15 is 0 Å². The molecule has 0 aliphatic heterocycles. The number of likely N-dealkylation sites (N-methyl/N-ethyl adjacent to an activating group) is 1. The third-order valence-corrected chi connectivity index (χ3v) is 5.81. The van der Waals surface area contributed by atoms with Crippen LogP contribution in [-0.2, 0) is 26.0 Å². The highest BCUT2D eigenvalue weighted by Gasteiger charge is 2.17. The molecule has 27 heavy (non-hydrogen) atoms. The minimum Gasteiger partial charge on any atom is -0.350 e. The first-order valence-electron chi connectivity index (χ1n) is 8.40. The van der Waals surface area contributed by atoms with Crippen molar-refractivity contribution in [2.75, 3.05) is 31.2 Å². The molecule has 2 rings (SSSR count). The molecule has 0 radical (unpaired) electrons. The van der Waals surface area contributed by atoms with Crippen molar-refractivity contribution >= 4 is 38.7 Å². The number of thiophene rings is 1. The molecule has 0 aliphatic carbocycles. The standard InChI is InChI=1S/C18H23N3O4S2/c1-3-21(12-17(22)19-11-14-7-6-10-26-14)13-18(23)20-15-8-4-5-9-16(15)27(2,24)25/h4-10H,3,11-13H2,1-2H3,(H,19,22)(H,20,23). The van der Waals surface area contributed by atoms with Crippen LogP contribution in [-0.4, -0.2) is 51.0 Å². The van der Waals surface area contributed by atoms with Crippen LogP contribution < -0.4 is 10.6 Å². The summed E-state index contributed by atoms with van der Waals surface area (Å²) in [7, 11) is -3.45. The molecule has 0 atom stereocenters. The molecule has 7 nitrogen and oxygen atoms in total. The number of amides is 2. The Hall–Kier alpha value is -2.23. The molecule has 2 aromatic rings. The lowest BCUT2D eigenvalue weighted by Gasteiger charge is -2.19. The molecule has 1 heterocycles. The summed E-state index contributed by atoms with van der Waals surface area (Å²) >= 11 is 1.56. The van der Waals surface area contributed by atoms with Gasteiger partial charge in [-0.3, -0.25) is 14.5 Å². The number of rotatable bonds is 9. The summed E-state index contributed by atoms with van der Waals surface area (Å²) in [5.74, 6) is -0.548. The Morgan fingerprint density at radius 2 is 1.78 bits per heavy atom. The van der Waals surface area contributed by atoms with E-state index in [1.54, 1.807) is 28.4 Å². The second-order valence-electron chi connectivity index (χ2n) is 5.98. The Balaban J connectivity index is 1.90. The van der Waals surface area contributed by atoms with Gasteiger partial charge in [0.05, 0.1) is 30.2 Å². The summed E-state index contributed by atoms with van der Waals surface area (Å²) in [5.41, 5.74) is 0.239. The molecule has 0 fully saturated rings. The summed E-state index contributed by atoms with van der Waals surface area (Å²) in [4.78, 5) is 27.2. The lowest BCUT2D eigenvalue weighted by atomic mass is 10.3. The number of sulfone groups is 1.